The van der Waals surface area contributed by atoms with Gasteiger partial charge in [-0.15, -0.1) is 0 Å². The van der Waals surface area contributed by atoms with E-state index in [0.29, 0.717) is 22.7 Å². The van der Waals surface area contributed by atoms with E-state index in [4.69, 9.17) is 14.3 Å². The Bertz CT molecular complexity index is 961. The van der Waals surface area contributed by atoms with Gasteiger partial charge < -0.3 is 24.7 Å². The summed E-state index contributed by atoms with van der Waals surface area (Å²) in [7, 11) is 2.91. The maximum absolute atomic E-state index is 14.1. The van der Waals surface area contributed by atoms with E-state index in [0.717, 1.165) is 0 Å². The number of aliphatic hydroxyl groups is 1. The fourth-order valence-electron chi connectivity index (χ4n) is 3.45. The average molecular weight is 372 g/mol. The van der Waals surface area contributed by atoms with Crippen LogP contribution in [0, 0.1) is 5.82 Å². The molecule has 2 N–H and O–H groups in total. The first-order valence-electron chi connectivity index (χ1n) is 8.26. The Morgan fingerprint density at radius 2 is 2.04 bits per heavy atom. The minimum Gasteiger partial charge on any atom is -0.493 e. The summed E-state index contributed by atoms with van der Waals surface area (Å²) in [5.41, 5.74) is -0.483. The highest BCUT2D eigenvalue weighted by atomic mass is 19.1. The van der Waals surface area contributed by atoms with E-state index < -0.39 is 23.4 Å². The zero-order valence-electron chi connectivity index (χ0n) is 14.7. The summed E-state index contributed by atoms with van der Waals surface area (Å²) in [6, 6.07) is 9.31. The van der Waals surface area contributed by atoms with Gasteiger partial charge in [0.25, 0.3) is 11.5 Å². The van der Waals surface area contributed by atoms with Crippen LogP contribution in [0.5, 0.6) is 11.5 Å². The smallest absolute Gasteiger partial charge is 0.275 e. The quantitative estimate of drug-likeness (QED) is 0.864. The van der Waals surface area contributed by atoms with Crippen molar-refractivity contribution in [2.24, 2.45) is 5.16 Å². The first-order chi connectivity index (χ1) is 13.0. The molecule has 0 bridgehead atoms. The molecule has 0 saturated carbocycles. The van der Waals surface area contributed by atoms with E-state index in [1.165, 1.54) is 20.3 Å². The minimum absolute atomic E-state index is 0.0747. The number of carbonyl (C=O) groups excluding carboxylic acids is 1. The molecule has 2 heterocycles. The van der Waals surface area contributed by atoms with E-state index in [9.17, 15) is 14.3 Å². The van der Waals surface area contributed by atoms with Crippen LogP contribution in [0.15, 0.2) is 41.6 Å². The molecular weight excluding hydrogens is 355 g/mol. The molecule has 0 radical (unpaired) electrons. The number of hydrogen-bond donors (Lipinski definition) is 2. The Kier molecular flexibility index (Phi) is 4.00. The van der Waals surface area contributed by atoms with Gasteiger partial charge in [-0.3, -0.25) is 4.79 Å². The molecule has 0 saturated heterocycles. The molecule has 140 valence electrons. The van der Waals surface area contributed by atoms with Gasteiger partial charge in [0.2, 0.25) is 0 Å². The van der Waals surface area contributed by atoms with Crippen LogP contribution in [0.2, 0.25) is 0 Å². The van der Waals surface area contributed by atoms with Crippen molar-refractivity contribution in [2.75, 3.05) is 19.5 Å². The van der Waals surface area contributed by atoms with Gasteiger partial charge in [0.1, 0.15) is 11.9 Å². The summed E-state index contributed by atoms with van der Waals surface area (Å²) in [5.74, 6) is -0.362. The van der Waals surface area contributed by atoms with Crippen LogP contribution in [0.1, 0.15) is 23.7 Å². The third-order valence-corrected chi connectivity index (χ3v) is 4.87. The number of rotatable bonds is 3. The Balaban J connectivity index is 1.73. The number of carbonyl (C=O) groups is 1. The number of nitrogens with one attached hydrogen (secondary N) is 1. The number of halogens is 1. The van der Waals surface area contributed by atoms with E-state index in [2.05, 4.69) is 10.5 Å². The number of oxime groups is 1. The van der Waals surface area contributed by atoms with Crippen molar-refractivity contribution >= 4 is 17.3 Å². The van der Waals surface area contributed by atoms with Crippen molar-refractivity contribution in [3.63, 3.8) is 0 Å². The van der Waals surface area contributed by atoms with E-state index >= 15 is 0 Å². The van der Waals surface area contributed by atoms with Crippen molar-refractivity contribution in [2.45, 2.75) is 18.1 Å². The fourth-order valence-corrected chi connectivity index (χ4v) is 3.45. The van der Waals surface area contributed by atoms with Crippen LogP contribution < -0.4 is 14.8 Å². The lowest BCUT2D eigenvalue weighted by molar-refractivity contribution is -0.156. The SMILES string of the molecule is COc1ccc2c(c1OC)NC(=O)[C@@]1(CC(c3ccccc3F)=NO1)[C@@H]2O. The summed E-state index contributed by atoms with van der Waals surface area (Å²) in [6.45, 7) is 0. The first-order valence-corrected chi connectivity index (χ1v) is 8.26. The van der Waals surface area contributed by atoms with Gasteiger partial charge in [-0.25, -0.2) is 4.39 Å². The van der Waals surface area contributed by atoms with Gasteiger partial charge in [-0.05, 0) is 12.1 Å². The molecule has 4 rings (SSSR count). The van der Waals surface area contributed by atoms with Crippen LogP contribution >= 0.6 is 0 Å². The third kappa shape index (κ3) is 2.44. The largest absolute Gasteiger partial charge is 0.493 e. The number of amides is 1. The number of anilines is 1. The molecule has 1 amide bonds. The Morgan fingerprint density at radius 3 is 2.74 bits per heavy atom. The van der Waals surface area contributed by atoms with Crippen molar-refractivity contribution in [1.82, 2.24) is 0 Å². The second-order valence-electron chi connectivity index (χ2n) is 6.30. The van der Waals surface area contributed by atoms with Crippen LogP contribution in [0.4, 0.5) is 10.1 Å². The number of fused-ring (bicyclic) bond motifs is 1. The molecule has 2 aromatic rings. The van der Waals surface area contributed by atoms with Crippen molar-refractivity contribution < 1.29 is 28.6 Å². The van der Waals surface area contributed by atoms with Crippen molar-refractivity contribution in [1.29, 1.82) is 0 Å². The lowest BCUT2D eigenvalue weighted by Crippen LogP contribution is -2.51. The lowest BCUT2D eigenvalue weighted by Gasteiger charge is -2.36. The van der Waals surface area contributed by atoms with Gasteiger partial charge in [-0.1, -0.05) is 29.4 Å². The maximum atomic E-state index is 14.1. The normalized spacial score (nSPS) is 23.3. The number of ether oxygens (including phenoxy) is 2. The predicted octanol–water partition coefficient (Wildman–Crippen LogP) is 2.39. The van der Waals surface area contributed by atoms with Crippen molar-refractivity contribution in [3.05, 3.63) is 53.3 Å². The molecule has 27 heavy (non-hydrogen) atoms. The standard InChI is InChI=1S/C19H17FN2O5/c1-25-14-8-7-11-15(16(14)26-2)21-18(24)19(17(11)23)9-13(22-27-19)10-5-3-4-6-12(10)20/h3-8,17,23H,9H2,1-2H3,(H,21,24)/t17-,19-/m1/s1. The van der Waals surface area contributed by atoms with E-state index in [1.54, 1.807) is 30.3 Å². The van der Waals surface area contributed by atoms with Crippen LogP contribution in [-0.4, -0.2) is 36.5 Å². The highest BCUT2D eigenvalue weighted by Gasteiger charge is 2.57. The van der Waals surface area contributed by atoms with Gasteiger partial charge in [0.15, 0.2) is 11.5 Å². The molecular formula is C19H17FN2O5. The van der Waals surface area contributed by atoms with E-state index in [1.807, 2.05) is 0 Å². The summed E-state index contributed by atoms with van der Waals surface area (Å²) in [5, 5.41) is 17.6. The van der Waals surface area contributed by atoms with Crippen LogP contribution in [0.3, 0.4) is 0 Å². The van der Waals surface area contributed by atoms with Gasteiger partial charge in [-0.2, -0.15) is 0 Å². The summed E-state index contributed by atoms with van der Waals surface area (Å²) in [4.78, 5) is 18.3. The van der Waals surface area contributed by atoms with Gasteiger partial charge in [0, 0.05) is 17.5 Å². The van der Waals surface area contributed by atoms with Crippen LogP contribution in [-0.2, 0) is 9.63 Å². The summed E-state index contributed by atoms with van der Waals surface area (Å²) in [6.07, 6.45) is -1.40. The first kappa shape index (κ1) is 17.3. The predicted molar refractivity (Wildman–Crippen MR) is 94.5 cm³/mol. The molecule has 2 aliphatic rings. The number of methoxy groups -OCH3 is 2. The van der Waals surface area contributed by atoms with Gasteiger partial charge in [0.05, 0.1) is 25.6 Å². The Morgan fingerprint density at radius 1 is 1.26 bits per heavy atom. The molecule has 2 atom stereocenters. The van der Waals surface area contributed by atoms with Crippen LogP contribution in [0.25, 0.3) is 0 Å². The molecule has 0 fully saturated rings. The Hall–Kier alpha value is -3.13. The number of benzene rings is 2. The van der Waals surface area contributed by atoms with E-state index in [-0.39, 0.29) is 17.7 Å². The molecule has 7 nitrogen and oxygen atoms in total. The lowest BCUT2D eigenvalue weighted by atomic mass is 9.81. The molecule has 0 unspecified atom stereocenters. The van der Waals surface area contributed by atoms with Gasteiger partial charge >= 0.3 is 0 Å². The monoisotopic (exact) mass is 372 g/mol. The number of hydrogen-bond acceptors (Lipinski definition) is 6. The zero-order valence-corrected chi connectivity index (χ0v) is 14.7. The third-order valence-electron chi connectivity index (χ3n) is 4.87. The zero-order chi connectivity index (χ0) is 19.2. The fraction of sp³-hybridized carbons (Fsp3) is 0.263. The highest BCUT2D eigenvalue weighted by Crippen LogP contribution is 2.49. The molecule has 1 spiro atoms. The maximum Gasteiger partial charge on any atom is 0.275 e. The molecule has 2 aliphatic heterocycles. The molecule has 8 heteroatoms. The average Bonchev–Trinajstić information content (AvgIpc) is 3.12. The topological polar surface area (TPSA) is 89.4 Å². The summed E-state index contributed by atoms with van der Waals surface area (Å²) >= 11 is 0. The second-order valence-corrected chi connectivity index (χ2v) is 6.30. The molecule has 2 aromatic carbocycles. The number of aliphatic hydroxyl groups excluding tert-OH is 1. The Labute approximate surface area is 154 Å². The molecule has 0 aliphatic carbocycles. The summed E-state index contributed by atoms with van der Waals surface area (Å²) < 4.78 is 24.6. The van der Waals surface area contributed by atoms with Crippen molar-refractivity contribution in [3.8, 4) is 11.5 Å². The molecule has 0 aromatic heterocycles. The highest BCUT2D eigenvalue weighted by molar-refractivity contribution is 6.10. The minimum atomic E-state index is -1.68. The second kappa shape index (κ2) is 6.24. The number of nitrogens with zero attached hydrogens (tertiary/aromatic N) is 1.